The summed E-state index contributed by atoms with van der Waals surface area (Å²) in [6.07, 6.45) is 3.19. The summed E-state index contributed by atoms with van der Waals surface area (Å²) in [4.78, 5) is 14.9. The first-order chi connectivity index (χ1) is 12.4. The first kappa shape index (κ1) is 18.6. The van der Waals surface area contributed by atoms with Gasteiger partial charge in [-0.2, -0.15) is 8.42 Å². The number of nitrogens with zero attached hydrogens (tertiary/aromatic N) is 2. The second-order valence-electron chi connectivity index (χ2n) is 5.13. The molecule has 0 saturated carbocycles. The Balaban J connectivity index is 1.98. The van der Waals surface area contributed by atoms with E-state index in [-0.39, 0.29) is 22.5 Å². The van der Waals surface area contributed by atoms with Crippen molar-refractivity contribution in [3.05, 3.63) is 70.0 Å². The number of amides is 1. The van der Waals surface area contributed by atoms with Crippen LogP contribution in [0.25, 0.3) is 6.08 Å². The van der Waals surface area contributed by atoms with Crippen LogP contribution in [-0.4, -0.2) is 30.9 Å². The molecule has 0 radical (unpaired) electrons. The SMILES string of the molecule is C=CCN1C(=O)/C(=C/c2cccs2)S/C1=N\S(=O)(=O)c1ccc(F)cc1. The quantitative estimate of drug-likeness (QED) is 0.558. The van der Waals surface area contributed by atoms with Gasteiger partial charge in [-0.05, 0) is 53.5 Å². The van der Waals surface area contributed by atoms with E-state index in [0.717, 1.165) is 40.9 Å². The normalized spacial score (nSPS) is 18.0. The van der Waals surface area contributed by atoms with Crippen LogP contribution in [0, 0.1) is 5.82 Å². The summed E-state index contributed by atoms with van der Waals surface area (Å²) in [5, 5.41) is 1.92. The molecule has 0 N–H and O–H groups in total. The number of carbonyl (C=O) groups is 1. The molecule has 1 aromatic carbocycles. The van der Waals surface area contributed by atoms with Gasteiger partial charge in [-0.15, -0.1) is 22.3 Å². The van der Waals surface area contributed by atoms with E-state index in [1.165, 1.54) is 22.3 Å². The molecule has 1 aromatic heterocycles. The van der Waals surface area contributed by atoms with Gasteiger partial charge in [-0.25, -0.2) is 4.39 Å². The van der Waals surface area contributed by atoms with Crippen LogP contribution in [0.15, 0.2) is 68.6 Å². The smallest absolute Gasteiger partial charge is 0.282 e. The van der Waals surface area contributed by atoms with Crippen molar-refractivity contribution in [1.29, 1.82) is 0 Å². The summed E-state index contributed by atoms with van der Waals surface area (Å²) in [6.45, 7) is 3.72. The number of sulfonamides is 1. The highest BCUT2D eigenvalue weighted by Gasteiger charge is 2.34. The zero-order chi connectivity index (χ0) is 18.7. The van der Waals surface area contributed by atoms with Gasteiger partial charge < -0.3 is 0 Å². The monoisotopic (exact) mass is 408 g/mol. The number of rotatable bonds is 5. The molecular formula is C17H13FN2O3S3. The molecule has 9 heteroatoms. The van der Waals surface area contributed by atoms with Gasteiger partial charge in [0.05, 0.1) is 9.80 Å². The molecule has 26 heavy (non-hydrogen) atoms. The molecule has 0 spiro atoms. The average Bonchev–Trinajstić information content (AvgIpc) is 3.20. The molecule has 1 saturated heterocycles. The van der Waals surface area contributed by atoms with Crippen molar-refractivity contribution in [3.63, 3.8) is 0 Å². The summed E-state index contributed by atoms with van der Waals surface area (Å²) in [7, 11) is -4.07. The molecule has 3 rings (SSSR count). The van der Waals surface area contributed by atoms with E-state index in [2.05, 4.69) is 11.0 Å². The molecule has 134 valence electrons. The number of thiophene rings is 1. The van der Waals surface area contributed by atoms with E-state index in [1.54, 1.807) is 6.08 Å². The topological polar surface area (TPSA) is 66.8 Å². The molecule has 0 unspecified atom stereocenters. The van der Waals surface area contributed by atoms with Crippen molar-refractivity contribution in [2.75, 3.05) is 6.54 Å². The third kappa shape index (κ3) is 3.95. The van der Waals surface area contributed by atoms with E-state index >= 15 is 0 Å². The lowest BCUT2D eigenvalue weighted by Gasteiger charge is -2.12. The molecule has 0 atom stereocenters. The minimum Gasteiger partial charge on any atom is -0.282 e. The van der Waals surface area contributed by atoms with Crippen LogP contribution >= 0.6 is 23.1 Å². The minimum absolute atomic E-state index is 0.0435. The maximum Gasteiger partial charge on any atom is 0.284 e. The molecule has 5 nitrogen and oxygen atoms in total. The van der Waals surface area contributed by atoms with Gasteiger partial charge >= 0.3 is 0 Å². The van der Waals surface area contributed by atoms with E-state index in [4.69, 9.17) is 0 Å². The maximum atomic E-state index is 13.0. The number of halogens is 1. The zero-order valence-electron chi connectivity index (χ0n) is 13.3. The Labute approximate surface area is 158 Å². The summed E-state index contributed by atoms with van der Waals surface area (Å²) in [6, 6.07) is 8.07. The lowest BCUT2D eigenvalue weighted by atomic mass is 10.3. The number of benzene rings is 1. The van der Waals surface area contributed by atoms with Gasteiger partial charge in [-0.1, -0.05) is 12.1 Å². The Hall–Kier alpha value is -2.23. The first-order valence-electron chi connectivity index (χ1n) is 7.37. The van der Waals surface area contributed by atoms with Crippen LogP contribution in [0.5, 0.6) is 0 Å². The molecular weight excluding hydrogens is 395 g/mol. The van der Waals surface area contributed by atoms with Gasteiger partial charge in [0.15, 0.2) is 5.17 Å². The van der Waals surface area contributed by atoms with Crippen LogP contribution in [0.3, 0.4) is 0 Å². The fourth-order valence-electron chi connectivity index (χ4n) is 2.13. The van der Waals surface area contributed by atoms with Crippen LogP contribution in [0.2, 0.25) is 0 Å². The molecule has 0 bridgehead atoms. The molecule has 1 fully saturated rings. The largest absolute Gasteiger partial charge is 0.284 e. The van der Waals surface area contributed by atoms with Gasteiger partial charge in [-0.3, -0.25) is 9.69 Å². The number of hydrogen-bond donors (Lipinski definition) is 0. The number of thioether (sulfide) groups is 1. The molecule has 1 aliphatic heterocycles. The fourth-order valence-corrected chi connectivity index (χ4v) is 5.04. The van der Waals surface area contributed by atoms with Gasteiger partial charge in [0.2, 0.25) is 0 Å². The van der Waals surface area contributed by atoms with E-state index in [0.29, 0.717) is 4.91 Å². The highest BCUT2D eigenvalue weighted by Crippen LogP contribution is 2.34. The Morgan fingerprint density at radius 3 is 2.58 bits per heavy atom. The molecule has 2 aromatic rings. The van der Waals surface area contributed by atoms with Crippen molar-refractivity contribution in [2.45, 2.75) is 4.90 Å². The summed E-state index contributed by atoms with van der Waals surface area (Å²) < 4.78 is 41.8. The number of amidine groups is 1. The van der Waals surface area contributed by atoms with Crippen molar-refractivity contribution in [2.24, 2.45) is 4.40 Å². The lowest BCUT2D eigenvalue weighted by molar-refractivity contribution is -0.121. The van der Waals surface area contributed by atoms with Crippen molar-refractivity contribution in [1.82, 2.24) is 4.90 Å². The highest BCUT2D eigenvalue weighted by molar-refractivity contribution is 8.19. The van der Waals surface area contributed by atoms with Crippen LogP contribution in [-0.2, 0) is 14.8 Å². The van der Waals surface area contributed by atoms with Crippen molar-refractivity contribution < 1.29 is 17.6 Å². The van der Waals surface area contributed by atoms with Crippen LogP contribution in [0.1, 0.15) is 4.88 Å². The maximum absolute atomic E-state index is 13.0. The Kier molecular flexibility index (Phi) is 5.40. The summed E-state index contributed by atoms with van der Waals surface area (Å²) >= 11 is 2.45. The van der Waals surface area contributed by atoms with Gasteiger partial charge in [0, 0.05) is 11.4 Å². The lowest BCUT2D eigenvalue weighted by Crippen LogP contribution is -2.29. The standard InChI is InChI=1S/C17H13FN2O3S3/c1-2-9-20-16(21)15(11-13-4-3-10-24-13)25-17(20)19-26(22,23)14-7-5-12(18)6-8-14/h2-8,10-11H,1,9H2/b15-11-,19-17-. The number of carbonyl (C=O) groups excluding carboxylic acids is 1. The Bertz CT molecular complexity index is 994. The van der Waals surface area contributed by atoms with Gasteiger partial charge in [0.1, 0.15) is 5.82 Å². The van der Waals surface area contributed by atoms with E-state index in [9.17, 15) is 17.6 Å². The zero-order valence-corrected chi connectivity index (χ0v) is 15.8. The van der Waals surface area contributed by atoms with E-state index in [1.807, 2.05) is 17.5 Å². The molecule has 0 aliphatic carbocycles. The Morgan fingerprint density at radius 2 is 1.96 bits per heavy atom. The predicted octanol–water partition coefficient (Wildman–Crippen LogP) is 3.73. The van der Waals surface area contributed by atoms with Crippen molar-refractivity contribution in [3.8, 4) is 0 Å². The molecule has 1 aliphatic rings. The molecule has 1 amide bonds. The number of hydrogen-bond acceptors (Lipinski definition) is 5. The fraction of sp³-hybridized carbons (Fsp3) is 0.0588. The van der Waals surface area contributed by atoms with E-state index < -0.39 is 15.8 Å². The van der Waals surface area contributed by atoms with Crippen molar-refractivity contribution >= 4 is 50.3 Å². The molecule has 2 heterocycles. The van der Waals surface area contributed by atoms with Crippen LogP contribution < -0.4 is 0 Å². The van der Waals surface area contributed by atoms with Crippen LogP contribution in [0.4, 0.5) is 4.39 Å². The second-order valence-corrected chi connectivity index (χ2v) is 8.73. The first-order valence-corrected chi connectivity index (χ1v) is 10.5. The highest BCUT2D eigenvalue weighted by atomic mass is 32.2. The third-order valence-electron chi connectivity index (χ3n) is 3.33. The van der Waals surface area contributed by atoms with Gasteiger partial charge in [0.25, 0.3) is 15.9 Å². The summed E-state index contributed by atoms with van der Waals surface area (Å²) in [5.41, 5.74) is 0. The summed E-state index contributed by atoms with van der Waals surface area (Å²) in [5.74, 6) is -0.882. The third-order valence-corrected chi connectivity index (χ3v) is 6.55. The predicted molar refractivity (Wildman–Crippen MR) is 103 cm³/mol. The average molecular weight is 409 g/mol. The second kappa shape index (κ2) is 7.56. The minimum atomic E-state index is -4.07. The Morgan fingerprint density at radius 1 is 1.23 bits per heavy atom.